The van der Waals surface area contributed by atoms with Crippen LogP contribution in [0, 0.1) is 0 Å². The van der Waals surface area contributed by atoms with Gasteiger partial charge < -0.3 is 26.5 Å². The van der Waals surface area contributed by atoms with Crippen LogP contribution in [-0.4, -0.2) is 43.0 Å². The molecule has 0 bridgehead atoms. The number of para-hydroxylation sites is 1. The smallest absolute Gasteiger partial charge is 0.330 e. The molecule has 3 aromatic rings. The van der Waals surface area contributed by atoms with Gasteiger partial charge in [-0.05, 0) is 43.2 Å². The van der Waals surface area contributed by atoms with E-state index in [0.717, 1.165) is 10.9 Å². The third kappa shape index (κ3) is 4.23. The summed E-state index contributed by atoms with van der Waals surface area (Å²) in [5, 5.41) is 29.6. The van der Waals surface area contributed by atoms with Crippen molar-refractivity contribution >= 4 is 22.8 Å². The number of fused-ring (bicyclic) bond motifs is 1. The summed E-state index contributed by atoms with van der Waals surface area (Å²) in [5.74, 6) is -2.06. The zero-order chi connectivity index (χ0) is 22.1. The van der Waals surface area contributed by atoms with Gasteiger partial charge in [0.1, 0.15) is 11.3 Å². The SMILES string of the molecule is C[C@](N)(Cc1cn(N[C@@](C)(Cc2ccc(O)cc2)C(=O)O)c2ccccc12)C(=O)O. The number of nitrogens with one attached hydrogen (secondary N) is 1. The first-order chi connectivity index (χ1) is 14.0. The van der Waals surface area contributed by atoms with Gasteiger partial charge in [-0.25, -0.2) is 4.79 Å². The first kappa shape index (κ1) is 21.2. The van der Waals surface area contributed by atoms with Crippen LogP contribution in [0.1, 0.15) is 25.0 Å². The molecule has 0 unspecified atom stereocenters. The van der Waals surface area contributed by atoms with E-state index < -0.39 is 23.0 Å². The minimum atomic E-state index is -1.46. The number of nitrogens with zero attached hydrogens (tertiary/aromatic N) is 1. The second-order valence-electron chi connectivity index (χ2n) is 8.03. The standard InChI is InChI=1S/C22H25N3O5/c1-21(23,19(27)28)12-15-13-25(18-6-4-3-5-17(15)18)24-22(2,20(29)30)11-14-7-9-16(26)10-8-14/h3-10,13,24,26H,11-12,23H2,1-2H3,(H,27,28)(H,29,30)/t21-,22-/m0/s1. The van der Waals surface area contributed by atoms with Gasteiger partial charge in [0.05, 0.1) is 5.52 Å². The van der Waals surface area contributed by atoms with E-state index in [2.05, 4.69) is 5.43 Å². The van der Waals surface area contributed by atoms with E-state index >= 15 is 0 Å². The molecule has 8 heteroatoms. The van der Waals surface area contributed by atoms with E-state index in [1.807, 2.05) is 24.3 Å². The number of nitrogens with two attached hydrogens (primary N) is 1. The fourth-order valence-electron chi connectivity index (χ4n) is 3.41. The van der Waals surface area contributed by atoms with Crippen molar-refractivity contribution in [3.05, 3.63) is 65.9 Å². The van der Waals surface area contributed by atoms with Crippen LogP contribution in [-0.2, 0) is 22.4 Å². The highest BCUT2D eigenvalue weighted by Crippen LogP contribution is 2.26. The Bertz CT molecular complexity index is 1090. The van der Waals surface area contributed by atoms with Gasteiger partial charge in [0.2, 0.25) is 0 Å². The van der Waals surface area contributed by atoms with Gasteiger partial charge in [0, 0.05) is 24.4 Å². The average molecular weight is 411 g/mol. The number of hydrogen-bond acceptors (Lipinski definition) is 5. The van der Waals surface area contributed by atoms with Crippen LogP contribution in [0.25, 0.3) is 10.9 Å². The molecule has 1 aromatic heterocycles. The van der Waals surface area contributed by atoms with Gasteiger partial charge >= 0.3 is 11.9 Å². The third-order valence-electron chi connectivity index (χ3n) is 5.17. The predicted octanol–water partition coefficient (Wildman–Crippen LogP) is 2.32. The van der Waals surface area contributed by atoms with Crippen LogP contribution >= 0.6 is 0 Å². The normalized spacial score (nSPS) is 15.3. The summed E-state index contributed by atoms with van der Waals surface area (Å²) in [7, 11) is 0. The molecular weight excluding hydrogens is 386 g/mol. The molecule has 0 spiro atoms. The van der Waals surface area contributed by atoms with Gasteiger partial charge in [-0.1, -0.05) is 30.3 Å². The summed E-state index contributed by atoms with van der Waals surface area (Å²) in [4.78, 5) is 23.6. The Morgan fingerprint density at radius 1 is 1.00 bits per heavy atom. The first-order valence-electron chi connectivity index (χ1n) is 9.42. The molecule has 0 fully saturated rings. The number of aromatic nitrogens is 1. The van der Waals surface area contributed by atoms with E-state index in [-0.39, 0.29) is 18.6 Å². The maximum absolute atomic E-state index is 12.1. The van der Waals surface area contributed by atoms with Crippen LogP contribution in [0.2, 0.25) is 0 Å². The lowest BCUT2D eigenvalue weighted by Gasteiger charge is -2.28. The summed E-state index contributed by atoms with van der Waals surface area (Å²) in [6, 6.07) is 13.7. The zero-order valence-corrected chi connectivity index (χ0v) is 16.8. The Morgan fingerprint density at radius 2 is 1.63 bits per heavy atom. The van der Waals surface area contributed by atoms with Crippen molar-refractivity contribution in [2.24, 2.45) is 5.73 Å². The van der Waals surface area contributed by atoms with Crippen molar-refractivity contribution in [3.63, 3.8) is 0 Å². The number of aromatic hydroxyl groups is 1. The van der Waals surface area contributed by atoms with Gasteiger partial charge in [0.15, 0.2) is 5.54 Å². The van der Waals surface area contributed by atoms with E-state index in [0.29, 0.717) is 11.1 Å². The van der Waals surface area contributed by atoms with Gasteiger partial charge in [-0.3, -0.25) is 9.47 Å². The average Bonchev–Trinajstić information content (AvgIpc) is 3.00. The van der Waals surface area contributed by atoms with Crippen molar-refractivity contribution in [2.75, 3.05) is 5.43 Å². The molecule has 0 aliphatic heterocycles. The molecule has 0 radical (unpaired) electrons. The second-order valence-corrected chi connectivity index (χ2v) is 8.03. The number of aliphatic carboxylic acids is 2. The van der Waals surface area contributed by atoms with Crippen LogP contribution in [0.4, 0.5) is 0 Å². The highest BCUT2D eigenvalue weighted by Gasteiger charge is 2.35. The Labute approximate surface area is 173 Å². The number of carboxylic acids is 2. The summed E-state index contributed by atoms with van der Waals surface area (Å²) < 4.78 is 1.61. The van der Waals surface area contributed by atoms with E-state index in [4.69, 9.17) is 5.73 Å². The van der Waals surface area contributed by atoms with Crippen LogP contribution in [0.15, 0.2) is 54.7 Å². The summed E-state index contributed by atoms with van der Waals surface area (Å²) in [6.45, 7) is 3.02. The van der Waals surface area contributed by atoms with Crippen molar-refractivity contribution in [2.45, 2.75) is 37.8 Å². The molecule has 0 saturated heterocycles. The number of phenols is 1. The molecule has 30 heavy (non-hydrogen) atoms. The van der Waals surface area contributed by atoms with Crippen LogP contribution in [0.5, 0.6) is 5.75 Å². The minimum Gasteiger partial charge on any atom is -0.508 e. The lowest BCUT2D eigenvalue weighted by atomic mass is 9.93. The fourth-order valence-corrected chi connectivity index (χ4v) is 3.41. The van der Waals surface area contributed by atoms with Crippen molar-refractivity contribution in [1.29, 1.82) is 0 Å². The minimum absolute atomic E-state index is 0.0826. The highest BCUT2D eigenvalue weighted by atomic mass is 16.4. The third-order valence-corrected chi connectivity index (χ3v) is 5.17. The monoisotopic (exact) mass is 411 g/mol. The quantitative estimate of drug-likeness (QED) is 0.383. The molecule has 3 rings (SSSR count). The molecule has 8 nitrogen and oxygen atoms in total. The predicted molar refractivity (Wildman–Crippen MR) is 113 cm³/mol. The van der Waals surface area contributed by atoms with E-state index in [9.17, 15) is 24.9 Å². The number of rotatable bonds is 8. The Kier molecular flexibility index (Phi) is 5.45. The van der Waals surface area contributed by atoms with E-state index in [1.165, 1.54) is 19.1 Å². The van der Waals surface area contributed by atoms with Gasteiger partial charge in [-0.2, -0.15) is 0 Å². The van der Waals surface area contributed by atoms with E-state index in [1.54, 1.807) is 29.9 Å². The van der Waals surface area contributed by atoms with Crippen LogP contribution in [0.3, 0.4) is 0 Å². The second kappa shape index (κ2) is 7.72. The summed E-state index contributed by atoms with van der Waals surface area (Å²) >= 11 is 0. The maximum Gasteiger partial charge on any atom is 0.330 e. The Morgan fingerprint density at radius 3 is 2.23 bits per heavy atom. The van der Waals surface area contributed by atoms with Crippen molar-refractivity contribution in [3.8, 4) is 5.75 Å². The molecular formula is C22H25N3O5. The molecule has 6 N–H and O–H groups in total. The molecule has 1 heterocycles. The Balaban J connectivity index is 1.99. The lowest BCUT2D eigenvalue weighted by Crippen LogP contribution is -2.49. The number of carboxylic acid groups (broad SMARTS) is 2. The molecule has 0 aliphatic carbocycles. The zero-order valence-electron chi connectivity index (χ0n) is 16.8. The topological polar surface area (TPSA) is 138 Å². The van der Waals surface area contributed by atoms with Crippen molar-refractivity contribution in [1.82, 2.24) is 4.68 Å². The molecule has 0 amide bonds. The molecule has 2 aromatic carbocycles. The Hall–Kier alpha value is -3.52. The molecule has 2 atom stereocenters. The largest absolute Gasteiger partial charge is 0.508 e. The van der Waals surface area contributed by atoms with Crippen molar-refractivity contribution < 1.29 is 24.9 Å². The summed E-state index contributed by atoms with van der Waals surface area (Å²) in [5.41, 5.74) is 8.32. The first-order valence-corrected chi connectivity index (χ1v) is 9.42. The van der Waals surface area contributed by atoms with Gasteiger partial charge in [-0.15, -0.1) is 0 Å². The molecule has 0 saturated carbocycles. The fraction of sp³-hybridized carbons (Fsp3) is 0.273. The molecule has 158 valence electrons. The number of benzene rings is 2. The van der Waals surface area contributed by atoms with Crippen LogP contribution < -0.4 is 11.2 Å². The lowest BCUT2D eigenvalue weighted by molar-refractivity contribution is -0.143. The molecule has 0 aliphatic rings. The number of phenolic OH excluding ortho intramolecular Hbond substituents is 1. The summed E-state index contributed by atoms with van der Waals surface area (Å²) in [6.07, 6.45) is 1.93. The number of hydrogen-bond donors (Lipinski definition) is 5. The maximum atomic E-state index is 12.1. The van der Waals surface area contributed by atoms with Gasteiger partial charge in [0.25, 0.3) is 0 Å². The number of carbonyl (C=O) groups is 2. The highest BCUT2D eigenvalue weighted by molar-refractivity contribution is 5.87.